The number of aldehydes is 1. The summed E-state index contributed by atoms with van der Waals surface area (Å²) in [5.41, 5.74) is 0.631. The molecule has 0 aliphatic carbocycles. The molecule has 0 spiro atoms. The fraction of sp³-hybridized carbons (Fsp3) is 0.143. The molecule has 1 aromatic rings. The summed E-state index contributed by atoms with van der Waals surface area (Å²) < 4.78 is 0.870. The van der Waals surface area contributed by atoms with Gasteiger partial charge in [-0.1, -0.05) is 0 Å². The normalized spacial score (nSPS) is 9.64. The van der Waals surface area contributed by atoms with Gasteiger partial charge in [-0.15, -0.1) is 11.8 Å². The molecule has 4 heteroatoms. The Bertz CT molecular complexity index is 277. The van der Waals surface area contributed by atoms with Gasteiger partial charge in [0.2, 0.25) is 0 Å². The van der Waals surface area contributed by atoms with Crippen LogP contribution in [-0.2, 0) is 0 Å². The second-order valence-corrected chi connectivity index (χ2v) is 3.53. The number of carbonyl (C=O) groups excluding carboxylic acids is 1. The highest BCUT2D eigenvalue weighted by Gasteiger charge is 2.03. The van der Waals surface area contributed by atoms with Crippen molar-refractivity contribution in [2.45, 2.75) is 4.90 Å². The van der Waals surface area contributed by atoms with Crippen molar-refractivity contribution in [2.24, 2.45) is 0 Å². The average Bonchev–Trinajstić information content (AvgIpc) is 2.04. The monoisotopic (exact) mass is 231 g/mol. The summed E-state index contributed by atoms with van der Waals surface area (Å²) >= 11 is 4.83. The van der Waals surface area contributed by atoms with E-state index >= 15 is 0 Å². The Morgan fingerprint density at radius 3 is 2.82 bits per heavy atom. The van der Waals surface area contributed by atoms with Gasteiger partial charge in [0.1, 0.15) is 0 Å². The van der Waals surface area contributed by atoms with E-state index < -0.39 is 0 Å². The van der Waals surface area contributed by atoms with Gasteiger partial charge in [0.25, 0.3) is 0 Å². The zero-order chi connectivity index (χ0) is 8.27. The van der Waals surface area contributed by atoms with Crippen molar-refractivity contribution in [1.82, 2.24) is 4.98 Å². The summed E-state index contributed by atoms with van der Waals surface area (Å²) in [4.78, 5) is 15.3. The molecule has 1 aromatic heterocycles. The van der Waals surface area contributed by atoms with E-state index in [4.69, 9.17) is 0 Å². The second kappa shape index (κ2) is 3.88. The molecule has 11 heavy (non-hydrogen) atoms. The summed E-state index contributed by atoms with van der Waals surface area (Å²) in [6.07, 6.45) is 5.97. The lowest BCUT2D eigenvalue weighted by atomic mass is 10.3. The Morgan fingerprint density at radius 1 is 1.64 bits per heavy atom. The molecule has 0 radical (unpaired) electrons. The molecule has 0 saturated heterocycles. The molecule has 0 fully saturated rings. The first kappa shape index (κ1) is 8.74. The molecular weight excluding hydrogens is 226 g/mol. The molecular formula is C7H6BrNOS. The lowest BCUT2D eigenvalue weighted by Crippen LogP contribution is -1.87. The third-order valence-electron chi connectivity index (χ3n) is 1.21. The van der Waals surface area contributed by atoms with Crippen LogP contribution in [0.5, 0.6) is 0 Å². The number of nitrogens with zero attached hydrogens (tertiary/aromatic N) is 1. The van der Waals surface area contributed by atoms with Gasteiger partial charge in [-0.05, 0) is 22.2 Å². The maximum Gasteiger partial charge on any atom is 0.152 e. The molecule has 0 atom stereocenters. The molecule has 0 aliphatic rings. The molecule has 0 aromatic carbocycles. The number of pyridine rings is 1. The van der Waals surface area contributed by atoms with Gasteiger partial charge in [-0.25, -0.2) is 0 Å². The average molecular weight is 232 g/mol. The Kier molecular flexibility index (Phi) is 3.08. The number of halogens is 1. The zero-order valence-electron chi connectivity index (χ0n) is 5.87. The Balaban J connectivity index is 3.23. The topological polar surface area (TPSA) is 30.0 Å². The standard InChI is InChI=1S/C7H6BrNOS/c1-11-7-5(4-10)2-9-3-6(7)8/h2-4H,1H3. The molecule has 1 rings (SSSR count). The Labute approximate surface area is 77.5 Å². The van der Waals surface area contributed by atoms with Crippen LogP contribution in [0.3, 0.4) is 0 Å². The van der Waals surface area contributed by atoms with E-state index in [-0.39, 0.29) is 0 Å². The summed E-state index contributed by atoms with van der Waals surface area (Å²) in [5, 5.41) is 0. The van der Waals surface area contributed by atoms with E-state index in [1.807, 2.05) is 6.26 Å². The maximum atomic E-state index is 10.5. The van der Waals surface area contributed by atoms with Crippen LogP contribution in [0, 0.1) is 0 Å². The summed E-state index contributed by atoms with van der Waals surface area (Å²) in [5.74, 6) is 0. The van der Waals surface area contributed by atoms with Crippen molar-refractivity contribution in [3.8, 4) is 0 Å². The van der Waals surface area contributed by atoms with Crippen LogP contribution >= 0.6 is 27.7 Å². The number of carbonyl (C=O) groups is 1. The van der Waals surface area contributed by atoms with Gasteiger partial charge in [0, 0.05) is 22.9 Å². The first-order chi connectivity index (χ1) is 5.29. The fourth-order valence-corrected chi connectivity index (χ4v) is 2.15. The Morgan fingerprint density at radius 2 is 2.36 bits per heavy atom. The maximum absolute atomic E-state index is 10.5. The third kappa shape index (κ3) is 1.81. The lowest BCUT2D eigenvalue weighted by molar-refractivity contribution is 0.112. The number of aromatic nitrogens is 1. The molecule has 0 saturated carbocycles. The van der Waals surface area contributed by atoms with Crippen molar-refractivity contribution in [1.29, 1.82) is 0 Å². The van der Waals surface area contributed by atoms with E-state index in [0.29, 0.717) is 5.56 Å². The smallest absolute Gasteiger partial charge is 0.152 e. The predicted octanol–water partition coefficient (Wildman–Crippen LogP) is 2.38. The van der Waals surface area contributed by atoms with Gasteiger partial charge < -0.3 is 0 Å². The largest absolute Gasteiger partial charge is 0.298 e. The van der Waals surface area contributed by atoms with Gasteiger partial charge in [0.05, 0.1) is 4.47 Å². The highest BCUT2D eigenvalue weighted by molar-refractivity contribution is 9.10. The number of hydrogen-bond acceptors (Lipinski definition) is 3. The molecule has 58 valence electrons. The van der Waals surface area contributed by atoms with Gasteiger partial charge in [0.15, 0.2) is 6.29 Å². The van der Waals surface area contributed by atoms with Crippen LogP contribution in [0.1, 0.15) is 10.4 Å². The summed E-state index contributed by atoms with van der Waals surface area (Å²) in [6.45, 7) is 0. The molecule has 0 amide bonds. The number of hydrogen-bond donors (Lipinski definition) is 0. The van der Waals surface area contributed by atoms with Crippen LogP contribution < -0.4 is 0 Å². The summed E-state index contributed by atoms with van der Waals surface area (Å²) in [6, 6.07) is 0. The van der Waals surface area contributed by atoms with Crippen molar-refractivity contribution < 1.29 is 4.79 Å². The van der Waals surface area contributed by atoms with E-state index in [1.165, 1.54) is 11.8 Å². The minimum Gasteiger partial charge on any atom is -0.298 e. The van der Waals surface area contributed by atoms with Crippen molar-refractivity contribution in [3.63, 3.8) is 0 Å². The molecule has 0 bridgehead atoms. The molecule has 0 N–H and O–H groups in total. The van der Waals surface area contributed by atoms with Crippen molar-refractivity contribution in [3.05, 3.63) is 22.4 Å². The van der Waals surface area contributed by atoms with Gasteiger partial charge in [-0.2, -0.15) is 0 Å². The minimum atomic E-state index is 0.631. The van der Waals surface area contributed by atoms with Crippen LogP contribution in [0.2, 0.25) is 0 Å². The van der Waals surface area contributed by atoms with Crippen LogP contribution in [0.4, 0.5) is 0 Å². The SMILES string of the molecule is CSc1c(Br)cncc1C=O. The van der Waals surface area contributed by atoms with E-state index in [2.05, 4.69) is 20.9 Å². The highest BCUT2D eigenvalue weighted by atomic mass is 79.9. The second-order valence-electron chi connectivity index (χ2n) is 1.86. The van der Waals surface area contributed by atoms with Crippen molar-refractivity contribution in [2.75, 3.05) is 6.26 Å². The minimum absolute atomic E-state index is 0.631. The van der Waals surface area contributed by atoms with E-state index in [9.17, 15) is 4.79 Å². The first-order valence-electron chi connectivity index (χ1n) is 2.92. The predicted molar refractivity (Wildman–Crippen MR) is 49.1 cm³/mol. The highest BCUT2D eigenvalue weighted by Crippen LogP contribution is 2.26. The van der Waals surface area contributed by atoms with Crippen LogP contribution in [-0.4, -0.2) is 17.5 Å². The number of rotatable bonds is 2. The first-order valence-corrected chi connectivity index (χ1v) is 4.94. The zero-order valence-corrected chi connectivity index (χ0v) is 8.28. The van der Waals surface area contributed by atoms with Crippen LogP contribution in [0.25, 0.3) is 0 Å². The van der Waals surface area contributed by atoms with Gasteiger partial charge in [-0.3, -0.25) is 9.78 Å². The van der Waals surface area contributed by atoms with E-state index in [0.717, 1.165) is 15.7 Å². The third-order valence-corrected chi connectivity index (χ3v) is 2.94. The molecule has 1 heterocycles. The quantitative estimate of drug-likeness (QED) is 0.579. The summed E-state index contributed by atoms with van der Waals surface area (Å²) in [7, 11) is 0. The van der Waals surface area contributed by atoms with Crippen molar-refractivity contribution >= 4 is 34.0 Å². The van der Waals surface area contributed by atoms with Crippen LogP contribution in [0.15, 0.2) is 21.8 Å². The lowest BCUT2D eigenvalue weighted by Gasteiger charge is -2.01. The van der Waals surface area contributed by atoms with E-state index in [1.54, 1.807) is 12.4 Å². The molecule has 0 unspecified atom stereocenters. The number of thioether (sulfide) groups is 1. The molecule has 0 aliphatic heterocycles. The fourth-order valence-electron chi connectivity index (χ4n) is 0.737. The molecule has 2 nitrogen and oxygen atoms in total. The Hall–Kier alpha value is -0.350. The van der Waals surface area contributed by atoms with Gasteiger partial charge >= 0.3 is 0 Å².